The number of benzene rings is 5. The van der Waals surface area contributed by atoms with Gasteiger partial charge in [-0.05, 0) is 107 Å². The van der Waals surface area contributed by atoms with Crippen molar-refractivity contribution >= 4 is 86.9 Å². The van der Waals surface area contributed by atoms with E-state index in [1.54, 1.807) is 0 Å². The van der Waals surface area contributed by atoms with E-state index in [-0.39, 0.29) is 23.7 Å². The van der Waals surface area contributed by atoms with Crippen LogP contribution < -0.4 is 20.1 Å². The molecule has 2 aliphatic carbocycles. The fourth-order valence-electron chi connectivity index (χ4n) is 8.95. The van der Waals surface area contributed by atoms with Crippen molar-refractivity contribution in [3.05, 3.63) is 183 Å². The number of rotatable bonds is 18. The van der Waals surface area contributed by atoms with Gasteiger partial charge in [-0.25, -0.2) is 0 Å². The number of aryl methyl sites for hydroxylation is 4. The fourth-order valence-corrected chi connectivity index (χ4v) is 9.93. The first-order valence-electron chi connectivity index (χ1n) is 24.5. The van der Waals surface area contributed by atoms with Crippen LogP contribution in [0.3, 0.4) is 0 Å². The molecule has 0 saturated heterocycles. The maximum Gasteiger partial charge on any atom is 0.227 e. The van der Waals surface area contributed by atoms with Gasteiger partial charge in [-0.2, -0.15) is 9.48 Å². The van der Waals surface area contributed by atoms with Crippen LogP contribution in [0.5, 0.6) is 0 Å². The van der Waals surface area contributed by atoms with E-state index in [1.807, 2.05) is 12.1 Å². The third kappa shape index (κ3) is 11.2. The van der Waals surface area contributed by atoms with Crippen LogP contribution in [0.15, 0.2) is 155 Å². The first kappa shape index (κ1) is 49.7. The molecule has 0 spiro atoms. The summed E-state index contributed by atoms with van der Waals surface area (Å²) in [5.74, 6) is -0.313. The van der Waals surface area contributed by atoms with E-state index in [1.165, 1.54) is 22.3 Å². The summed E-state index contributed by atoms with van der Waals surface area (Å²) in [4.78, 5) is 31.9. The van der Waals surface area contributed by atoms with Crippen LogP contribution in [-0.2, 0) is 22.2 Å². The highest BCUT2D eigenvalue weighted by Gasteiger charge is 2.33. The number of thiocarbonyl (C=S) groups is 1. The van der Waals surface area contributed by atoms with E-state index in [9.17, 15) is 9.59 Å². The second-order valence-electron chi connectivity index (χ2n) is 18.4. The summed E-state index contributed by atoms with van der Waals surface area (Å²) in [7, 11) is 0. The summed E-state index contributed by atoms with van der Waals surface area (Å²) in [5.41, 5.74) is 14.8. The van der Waals surface area contributed by atoms with Gasteiger partial charge in [-0.3, -0.25) is 9.59 Å². The standard InChI is InChI=1S/C60H66N4O2S2/c1-9-13-15-43(11-3)59(65)61-53-37-49(63(45-25-17-39(5)18-26-45)46-27-19-40(6)20-28-46)33-35-51(53)55-57(67)56(58(55)68)52-36-34-50(38-54(52)62-60(66)44(12-4)16-14-10-2)64(47-29-21-41(7)22-30-47)48-31-23-42(8)24-32-48/h17-38,43-44H,9-16H2,1-8H3,(H2,61,62,65,66,67,68). The molecule has 2 atom stereocenters. The molecule has 2 amide bonds. The van der Waals surface area contributed by atoms with E-state index in [2.05, 4.69) is 197 Å². The molecule has 8 heteroatoms. The lowest BCUT2D eigenvalue weighted by atomic mass is 9.81. The molecular formula is C60H66N4O2S2. The van der Waals surface area contributed by atoms with Crippen molar-refractivity contribution in [3.63, 3.8) is 0 Å². The van der Waals surface area contributed by atoms with Gasteiger partial charge in [0.1, 0.15) is 0 Å². The summed E-state index contributed by atoms with van der Waals surface area (Å²) in [5, 5.41) is 6.77. The van der Waals surface area contributed by atoms with Crippen molar-refractivity contribution < 1.29 is 9.59 Å². The van der Waals surface area contributed by atoms with E-state index in [0.717, 1.165) is 108 Å². The molecule has 2 unspecified atom stereocenters. The van der Waals surface area contributed by atoms with Crippen LogP contribution in [0.25, 0.3) is 5.57 Å². The van der Waals surface area contributed by atoms with Gasteiger partial charge in [0.25, 0.3) is 0 Å². The molecule has 68 heavy (non-hydrogen) atoms. The van der Waals surface area contributed by atoms with Gasteiger partial charge in [0.15, 0.2) is 0 Å². The zero-order valence-electron chi connectivity index (χ0n) is 41.0. The van der Waals surface area contributed by atoms with Crippen LogP contribution in [0.1, 0.15) is 107 Å². The Morgan fingerprint density at radius 2 is 1.06 bits per heavy atom. The Morgan fingerprint density at radius 1 is 0.603 bits per heavy atom. The molecule has 0 aromatic heterocycles. The number of amides is 2. The second-order valence-corrected chi connectivity index (χ2v) is 19.2. The van der Waals surface area contributed by atoms with Crippen LogP contribution in [0.2, 0.25) is 0 Å². The summed E-state index contributed by atoms with van der Waals surface area (Å²) >= 11 is 12.8. The molecule has 350 valence electrons. The van der Waals surface area contributed by atoms with E-state index in [4.69, 9.17) is 24.8 Å². The molecule has 0 bridgehead atoms. The number of allylic oxidation sites excluding steroid dienone is 5. The number of nitrogens with zero attached hydrogens (tertiary/aromatic N) is 2. The van der Waals surface area contributed by atoms with Crippen LogP contribution >= 0.6 is 12.2 Å². The Bertz CT molecular complexity index is 2720. The normalized spacial score (nSPS) is 15.4. The first-order valence-corrected chi connectivity index (χ1v) is 25.3. The van der Waals surface area contributed by atoms with Crippen LogP contribution in [0.4, 0.5) is 34.1 Å². The van der Waals surface area contributed by atoms with Crippen molar-refractivity contribution in [1.82, 2.24) is 9.89 Å². The largest absolute Gasteiger partial charge is 0.778 e. The number of anilines is 4. The Kier molecular flexibility index (Phi) is 16.6. The fraction of sp³-hybridized carbons (Fsp3) is 0.300. The van der Waals surface area contributed by atoms with E-state index >= 15 is 0 Å². The Labute approximate surface area is 416 Å². The lowest BCUT2D eigenvalue weighted by Gasteiger charge is -2.38. The van der Waals surface area contributed by atoms with Gasteiger partial charge < -0.3 is 28.2 Å². The molecule has 0 radical (unpaired) electrons. The quantitative estimate of drug-likeness (QED) is 0.0397. The SMILES string of the molecule is CCCCC(CC)C(=O)NC1=CC(=[N+](c2ccc(C)cc2)c2ccc(C)cc2)C=C/C1=C1\C(=S)C(c2ccc(N(c3ccc(C)cc3)c3ccc(C)cc3)cc2NC(=O)C(CC)CCCC)=C1[S-]. The van der Waals surface area contributed by atoms with E-state index in [0.29, 0.717) is 21.2 Å². The number of hydrogen-bond donors (Lipinski definition) is 2. The van der Waals surface area contributed by atoms with Gasteiger partial charge >= 0.3 is 0 Å². The highest BCUT2D eigenvalue weighted by molar-refractivity contribution is 7.82. The Hall–Kier alpha value is -6.22. The van der Waals surface area contributed by atoms with E-state index < -0.39 is 0 Å². The number of unbranched alkanes of at least 4 members (excludes halogenated alkanes) is 2. The summed E-state index contributed by atoms with van der Waals surface area (Å²) in [6.45, 7) is 16.8. The molecule has 2 N–H and O–H groups in total. The monoisotopic (exact) mass is 938 g/mol. The molecule has 0 fully saturated rings. The maximum absolute atomic E-state index is 14.2. The molecule has 7 rings (SSSR count). The minimum absolute atomic E-state index is 0.0154. The molecule has 2 aliphatic rings. The third-order valence-electron chi connectivity index (χ3n) is 13.2. The average Bonchev–Trinajstić information content (AvgIpc) is 3.33. The maximum atomic E-state index is 14.2. The topological polar surface area (TPSA) is 64.5 Å². The van der Waals surface area contributed by atoms with Crippen LogP contribution in [-0.4, -0.2) is 22.4 Å². The molecule has 6 nitrogen and oxygen atoms in total. The van der Waals surface area contributed by atoms with Crippen molar-refractivity contribution in [1.29, 1.82) is 0 Å². The smallest absolute Gasteiger partial charge is 0.227 e. The van der Waals surface area contributed by atoms with Crippen molar-refractivity contribution in [2.24, 2.45) is 11.8 Å². The molecule has 5 aromatic carbocycles. The Morgan fingerprint density at radius 3 is 1.51 bits per heavy atom. The number of hydrogen-bond acceptors (Lipinski definition) is 5. The number of carbonyl (C=O) groups is 2. The van der Waals surface area contributed by atoms with Crippen molar-refractivity contribution in [3.8, 4) is 0 Å². The number of nitrogens with one attached hydrogen (secondary N) is 2. The van der Waals surface area contributed by atoms with Crippen molar-refractivity contribution in [2.75, 3.05) is 10.2 Å². The zero-order chi connectivity index (χ0) is 48.5. The molecule has 5 aromatic rings. The molecular weight excluding hydrogens is 873 g/mol. The third-order valence-corrected chi connectivity index (χ3v) is 14.0. The molecule has 0 aliphatic heterocycles. The second kappa shape index (κ2) is 22.7. The summed E-state index contributed by atoms with van der Waals surface area (Å²) in [6, 6.07) is 40.1. The molecule has 0 heterocycles. The van der Waals surface area contributed by atoms with Gasteiger partial charge in [-0.1, -0.05) is 142 Å². The summed E-state index contributed by atoms with van der Waals surface area (Å²) in [6.07, 6.45) is 13.3. The van der Waals surface area contributed by atoms with Crippen molar-refractivity contribution in [2.45, 2.75) is 107 Å². The Balaban J connectivity index is 1.39. The highest BCUT2D eigenvalue weighted by atomic mass is 32.1. The average molecular weight is 939 g/mol. The van der Waals surface area contributed by atoms with Gasteiger partial charge in [0.2, 0.25) is 28.9 Å². The highest BCUT2D eigenvalue weighted by Crippen LogP contribution is 2.46. The predicted octanol–water partition coefficient (Wildman–Crippen LogP) is 15.2. The van der Waals surface area contributed by atoms with Gasteiger partial charge in [-0.15, -0.1) is 0 Å². The zero-order valence-corrected chi connectivity index (χ0v) is 42.7. The predicted molar refractivity (Wildman–Crippen MR) is 294 cm³/mol. The minimum atomic E-state index is -0.141. The van der Waals surface area contributed by atoms with Gasteiger partial charge in [0, 0.05) is 76.5 Å². The molecule has 0 saturated carbocycles. The van der Waals surface area contributed by atoms with Gasteiger partial charge in [0.05, 0.1) is 16.2 Å². The lowest BCUT2D eigenvalue weighted by Crippen LogP contribution is -2.34. The lowest BCUT2D eigenvalue weighted by molar-refractivity contribution is -0.124. The summed E-state index contributed by atoms with van der Waals surface area (Å²) < 4.78 is 2.21. The minimum Gasteiger partial charge on any atom is -0.778 e. The van der Waals surface area contributed by atoms with Crippen LogP contribution in [0, 0.1) is 39.5 Å². The number of carbonyl (C=O) groups excluding carboxylic acids is 2. The first-order chi connectivity index (χ1) is 32.8.